The maximum Gasteiger partial charge on any atom is 0.220 e. The molecule has 2 N–H and O–H groups in total. The van der Waals surface area contributed by atoms with Crippen LogP contribution >= 0.6 is 0 Å². The van der Waals surface area contributed by atoms with Crippen LogP contribution in [0.25, 0.3) is 10.9 Å². The number of amides is 1. The van der Waals surface area contributed by atoms with Crippen LogP contribution in [-0.4, -0.2) is 10.9 Å². The summed E-state index contributed by atoms with van der Waals surface area (Å²) in [5, 5.41) is 4.11. The third-order valence-electron chi connectivity index (χ3n) is 3.56. The zero-order valence-electron chi connectivity index (χ0n) is 11.8. The largest absolute Gasteiger partial charge is 0.467 e. The number of aromatic nitrogens is 1. The highest BCUT2D eigenvalue weighted by Crippen LogP contribution is 2.19. The molecule has 3 rings (SSSR count). The molecule has 2 aromatic heterocycles. The Morgan fingerprint density at radius 3 is 2.95 bits per heavy atom. The summed E-state index contributed by atoms with van der Waals surface area (Å²) in [5.41, 5.74) is 2.42. The molecule has 1 aromatic carbocycles. The number of rotatable bonds is 6. The Labute approximate surface area is 123 Å². The summed E-state index contributed by atoms with van der Waals surface area (Å²) < 4.78 is 5.18. The van der Waals surface area contributed by atoms with E-state index in [-0.39, 0.29) is 5.91 Å². The van der Waals surface area contributed by atoms with E-state index < -0.39 is 0 Å². The average Bonchev–Trinajstić information content (AvgIpc) is 3.15. The third kappa shape index (κ3) is 3.34. The molecule has 4 nitrogen and oxygen atoms in total. The third-order valence-corrected chi connectivity index (χ3v) is 3.56. The first-order valence-electron chi connectivity index (χ1n) is 7.17. The quantitative estimate of drug-likeness (QED) is 0.728. The van der Waals surface area contributed by atoms with Crippen LogP contribution in [0.3, 0.4) is 0 Å². The van der Waals surface area contributed by atoms with E-state index >= 15 is 0 Å². The van der Waals surface area contributed by atoms with E-state index in [1.807, 2.05) is 30.5 Å². The van der Waals surface area contributed by atoms with E-state index in [2.05, 4.69) is 22.4 Å². The number of H-pyrrole nitrogens is 1. The number of fused-ring (bicyclic) bond motifs is 1. The predicted octanol–water partition coefficient (Wildman–Crippen LogP) is 3.40. The summed E-state index contributed by atoms with van der Waals surface area (Å²) in [6.45, 7) is 0.457. The van der Waals surface area contributed by atoms with Gasteiger partial charge < -0.3 is 14.7 Å². The van der Waals surface area contributed by atoms with Gasteiger partial charge in [-0.05, 0) is 36.6 Å². The number of benzene rings is 1. The molecule has 21 heavy (non-hydrogen) atoms. The first-order chi connectivity index (χ1) is 10.3. The standard InChI is InChI=1S/C17H18N2O2/c20-17(19-12-14-6-4-10-21-14)9-3-5-13-11-18-16-8-2-1-7-15(13)16/h1-2,4,6-8,10-11,18H,3,5,9,12H2,(H,19,20). The molecule has 0 saturated carbocycles. The zero-order valence-corrected chi connectivity index (χ0v) is 11.8. The van der Waals surface area contributed by atoms with Crippen LogP contribution in [0.5, 0.6) is 0 Å². The van der Waals surface area contributed by atoms with Crippen LogP contribution in [0.2, 0.25) is 0 Å². The minimum atomic E-state index is 0.0613. The van der Waals surface area contributed by atoms with E-state index in [0.29, 0.717) is 13.0 Å². The van der Waals surface area contributed by atoms with Gasteiger partial charge in [-0.3, -0.25) is 4.79 Å². The number of carbonyl (C=O) groups excluding carboxylic acids is 1. The molecule has 0 spiro atoms. The monoisotopic (exact) mass is 282 g/mol. The second kappa shape index (κ2) is 6.31. The molecule has 1 amide bonds. The number of hydrogen-bond acceptors (Lipinski definition) is 2. The molecule has 4 heteroatoms. The molecule has 3 aromatic rings. The van der Waals surface area contributed by atoms with Gasteiger partial charge in [0.15, 0.2) is 0 Å². The molecule has 0 aliphatic carbocycles. The Kier molecular flexibility index (Phi) is 4.05. The van der Waals surface area contributed by atoms with Crippen LogP contribution < -0.4 is 5.32 Å². The fourth-order valence-electron chi connectivity index (χ4n) is 2.47. The molecule has 2 heterocycles. The smallest absolute Gasteiger partial charge is 0.220 e. The van der Waals surface area contributed by atoms with Crippen molar-refractivity contribution in [3.63, 3.8) is 0 Å². The summed E-state index contributed by atoms with van der Waals surface area (Å²) in [6.07, 6.45) is 5.91. The predicted molar refractivity (Wildman–Crippen MR) is 81.8 cm³/mol. The van der Waals surface area contributed by atoms with Crippen LogP contribution in [0.15, 0.2) is 53.3 Å². The number of para-hydroxylation sites is 1. The van der Waals surface area contributed by atoms with Crippen molar-refractivity contribution >= 4 is 16.8 Å². The highest BCUT2D eigenvalue weighted by molar-refractivity contribution is 5.83. The average molecular weight is 282 g/mol. The number of aryl methyl sites for hydroxylation is 1. The van der Waals surface area contributed by atoms with Crippen molar-refractivity contribution < 1.29 is 9.21 Å². The zero-order chi connectivity index (χ0) is 14.5. The number of carbonyl (C=O) groups is 1. The van der Waals surface area contributed by atoms with E-state index in [1.165, 1.54) is 10.9 Å². The van der Waals surface area contributed by atoms with Gasteiger partial charge in [0.2, 0.25) is 5.91 Å². The number of aromatic amines is 1. The van der Waals surface area contributed by atoms with Crippen molar-refractivity contribution in [1.82, 2.24) is 10.3 Å². The molecule has 0 radical (unpaired) electrons. The van der Waals surface area contributed by atoms with Crippen molar-refractivity contribution in [1.29, 1.82) is 0 Å². The topological polar surface area (TPSA) is 58.0 Å². The Bertz CT molecular complexity index is 713. The van der Waals surface area contributed by atoms with E-state index in [1.54, 1.807) is 6.26 Å². The maximum atomic E-state index is 11.8. The second-order valence-corrected chi connectivity index (χ2v) is 5.07. The minimum Gasteiger partial charge on any atom is -0.467 e. The molecule has 0 bridgehead atoms. The lowest BCUT2D eigenvalue weighted by Crippen LogP contribution is -2.22. The molecule has 0 aliphatic heterocycles. The van der Waals surface area contributed by atoms with Gasteiger partial charge in [0, 0.05) is 23.5 Å². The SMILES string of the molecule is O=C(CCCc1c[nH]c2ccccc12)NCc1ccco1. The van der Waals surface area contributed by atoms with Crippen molar-refractivity contribution in [2.24, 2.45) is 0 Å². The maximum absolute atomic E-state index is 11.8. The lowest BCUT2D eigenvalue weighted by molar-refractivity contribution is -0.121. The normalized spacial score (nSPS) is 10.9. The van der Waals surface area contributed by atoms with Gasteiger partial charge in [-0.25, -0.2) is 0 Å². The molecule has 0 unspecified atom stereocenters. The van der Waals surface area contributed by atoms with Crippen molar-refractivity contribution in [3.8, 4) is 0 Å². The molecule has 108 valence electrons. The van der Waals surface area contributed by atoms with Crippen LogP contribution in [0, 0.1) is 0 Å². The molecular formula is C17H18N2O2. The summed E-state index contributed by atoms with van der Waals surface area (Å²) in [5.74, 6) is 0.839. The molecular weight excluding hydrogens is 264 g/mol. The first-order valence-corrected chi connectivity index (χ1v) is 7.17. The number of hydrogen-bond donors (Lipinski definition) is 2. The first kappa shape index (κ1) is 13.5. The summed E-state index contributed by atoms with van der Waals surface area (Å²) in [4.78, 5) is 15.0. The second-order valence-electron chi connectivity index (χ2n) is 5.07. The Morgan fingerprint density at radius 2 is 2.10 bits per heavy atom. The van der Waals surface area contributed by atoms with Gasteiger partial charge in [-0.2, -0.15) is 0 Å². The molecule has 0 aliphatic rings. The Hall–Kier alpha value is -2.49. The highest BCUT2D eigenvalue weighted by Gasteiger charge is 2.06. The highest BCUT2D eigenvalue weighted by atomic mass is 16.3. The van der Waals surface area contributed by atoms with Gasteiger partial charge in [0.25, 0.3) is 0 Å². The van der Waals surface area contributed by atoms with Crippen molar-refractivity contribution in [2.75, 3.05) is 0 Å². The van der Waals surface area contributed by atoms with Gasteiger partial charge in [0.1, 0.15) is 5.76 Å². The molecule has 0 atom stereocenters. The Balaban J connectivity index is 1.46. The lowest BCUT2D eigenvalue weighted by atomic mass is 10.1. The van der Waals surface area contributed by atoms with Crippen molar-refractivity contribution in [3.05, 3.63) is 60.2 Å². The van der Waals surface area contributed by atoms with E-state index in [9.17, 15) is 4.79 Å². The van der Waals surface area contributed by atoms with E-state index in [0.717, 1.165) is 24.1 Å². The fraction of sp³-hybridized carbons (Fsp3) is 0.235. The summed E-state index contributed by atoms with van der Waals surface area (Å²) in [6, 6.07) is 11.9. The van der Waals surface area contributed by atoms with Gasteiger partial charge in [0.05, 0.1) is 12.8 Å². The van der Waals surface area contributed by atoms with Crippen LogP contribution in [-0.2, 0) is 17.8 Å². The number of furan rings is 1. The Morgan fingerprint density at radius 1 is 1.19 bits per heavy atom. The van der Waals surface area contributed by atoms with Crippen LogP contribution in [0.4, 0.5) is 0 Å². The summed E-state index contributed by atoms with van der Waals surface area (Å²) >= 11 is 0. The lowest BCUT2D eigenvalue weighted by Gasteiger charge is -2.03. The van der Waals surface area contributed by atoms with Crippen molar-refractivity contribution in [2.45, 2.75) is 25.8 Å². The summed E-state index contributed by atoms with van der Waals surface area (Å²) in [7, 11) is 0. The van der Waals surface area contributed by atoms with Gasteiger partial charge in [-0.1, -0.05) is 18.2 Å². The number of nitrogens with one attached hydrogen (secondary N) is 2. The minimum absolute atomic E-state index is 0.0613. The van der Waals surface area contributed by atoms with Crippen LogP contribution in [0.1, 0.15) is 24.2 Å². The fourth-order valence-corrected chi connectivity index (χ4v) is 2.47. The van der Waals surface area contributed by atoms with E-state index in [4.69, 9.17) is 4.42 Å². The van der Waals surface area contributed by atoms with Gasteiger partial charge in [-0.15, -0.1) is 0 Å². The molecule has 0 saturated heterocycles. The van der Waals surface area contributed by atoms with Gasteiger partial charge >= 0.3 is 0 Å². The molecule has 0 fully saturated rings.